The minimum Gasteiger partial charge on any atom is -0.496 e. The highest BCUT2D eigenvalue weighted by atomic mass is 32.2. The van der Waals surface area contributed by atoms with Gasteiger partial charge < -0.3 is 10.1 Å². The van der Waals surface area contributed by atoms with Crippen LogP contribution in [0.15, 0.2) is 78.9 Å². The molecule has 0 radical (unpaired) electrons. The number of carbonyl (C=O) groups is 1. The molecule has 2 N–H and O–H groups in total. The number of amides is 1. The van der Waals surface area contributed by atoms with Crippen molar-refractivity contribution in [2.75, 3.05) is 31.5 Å². The Morgan fingerprint density at radius 3 is 2.26 bits per heavy atom. The molecule has 3 aromatic carbocycles. The average Bonchev–Trinajstić information content (AvgIpc) is 2.89. The molecule has 1 fully saturated rings. The molecular weight excluding hydrogens is 469 g/mol. The number of methoxy groups -OCH3 is 1. The van der Waals surface area contributed by atoms with Crippen molar-refractivity contribution in [1.29, 1.82) is 0 Å². The summed E-state index contributed by atoms with van der Waals surface area (Å²) in [6, 6.07) is 22.0. The molecule has 0 aliphatic carbocycles. The maximum atomic E-state index is 13.2. The Balaban J connectivity index is 1.49. The molecule has 7 nitrogen and oxygen atoms in total. The molecule has 0 unspecified atom stereocenters. The standard InChI is InChI=1S/C26H28FN3O4S/c1-34-24-10-6-5-9-23(24)25(31)28-19-26(20-7-3-2-4-8-20)15-17-30(18-16-26)35(32,33)29-22-13-11-21(27)12-14-22/h2-14,29H,15-19H2,1H3,(H,28,31). The summed E-state index contributed by atoms with van der Waals surface area (Å²) in [5.74, 6) is -0.189. The summed E-state index contributed by atoms with van der Waals surface area (Å²) < 4.78 is 48.3. The zero-order chi connectivity index (χ0) is 24.9. The van der Waals surface area contributed by atoms with Gasteiger partial charge in [0.25, 0.3) is 5.91 Å². The number of ether oxygens (including phenoxy) is 1. The molecule has 0 spiro atoms. The molecule has 9 heteroatoms. The van der Waals surface area contributed by atoms with Gasteiger partial charge in [0.1, 0.15) is 11.6 Å². The number of para-hydroxylation sites is 1. The van der Waals surface area contributed by atoms with Gasteiger partial charge in [0.15, 0.2) is 0 Å². The summed E-state index contributed by atoms with van der Waals surface area (Å²) >= 11 is 0. The zero-order valence-corrected chi connectivity index (χ0v) is 20.2. The van der Waals surface area contributed by atoms with Crippen LogP contribution in [0.2, 0.25) is 0 Å². The summed E-state index contributed by atoms with van der Waals surface area (Å²) in [6.45, 7) is 0.902. The van der Waals surface area contributed by atoms with Gasteiger partial charge in [-0.05, 0) is 54.8 Å². The molecule has 3 aromatic rings. The lowest BCUT2D eigenvalue weighted by Gasteiger charge is -2.41. The fourth-order valence-corrected chi connectivity index (χ4v) is 5.65. The molecule has 0 bridgehead atoms. The largest absolute Gasteiger partial charge is 0.496 e. The first kappa shape index (κ1) is 24.7. The minimum atomic E-state index is -3.81. The number of hydrogen-bond donors (Lipinski definition) is 2. The molecule has 0 aromatic heterocycles. The van der Waals surface area contributed by atoms with Gasteiger partial charge in [-0.2, -0.15) is 12.7 Å². The van der Waals surface area contributed by atoms with Gasteiger partial charge in [-0.25, -0.2) is 4.39 Å². The predicted molar refractivity (Wildman–Crippen MR) is 133 cm³/mol. The third kappa shape index (κ3) is 5.63. The van der Waals surface area contributed by atoms with Crippen molar-refractivity contribution < 1.29 is 22.3 Å². The van der Waals surface area contributed by atoms with E-state index in [4.69, 9.17) is 4.74 Å². The lowest BCUT2D eigenvalue weighted by molar-refractivity contribution is 0.0930. The third-order valence-electron chi connectivity index (χ3n) is 6.44. The van der Waals surface area contributed by atoms with E-state index in [1.807, 2.05) is 30.3 Å². The van der Waals surface area contributed by atoms with Gasteiger partial charge in [-0.3, -0.25) is 9.52 Å². The van der Waals surface area contributed by atoms with E-state index in [9.17, 15) is 17.6 Å². The molecule has 1 aliphatic rings. The predicted octanol–water partition coefficient (Wildman–Crippen LogP) is 3.95. The van der Waals surface area contributed by atoms with Crippen LogP contribution in [0.3, 0.4) is 0 Å². The van der Waals surface area contributed by atoms with Gasteiger partial charge in [0.2, 0.25) is 0 Å². The Morgan fingerprint density at radius 1 is 0.971 bits per heavy atom. The van der Waals surface area contributed by atoms with E-state index < -0.39 is 21.4 Å². The van der Waals surface area contributed by atoms with Gasteiger partial charge in [-0.1, -0.05) is 42.5 Å². The van der Waals surface area contributed by atoms with E-state index in [0.717, 1.165) is 5.56 Å². The molecule has 184 valence electrons. The number of nitrogens with zero attached hydrogens (tertiary/aromatic N) is 1. The molecule has 0 saturated carbocycles. The molecule has 0 atom stereocenters. The number of anilines is 1. The fraction of sp³-hybridized carbons (Fsp3) is 0.269. The van der Waals surface area contributed by atoms with Crippen molar-refractivity contribution in [1.82, 2.24) is 9.62 Å². The van der Waals surface area contributed by atoms with E-state index in [0.29, 0.717) is 36.4 Å². The Bertz CT molecular complexity index is 1260. The quantitative estimate of drug-likeness (QED) is 0.493. The Labute approximate surface area is 205 Å². The third-order valence-corrected chi connectivity index (χ3v) is 7.97. The average molecular weight is 498 g/mol. The second kappa shape index (κ2) is 10.5. The normalized spacial score (nSPS) is 15.8. The maximum Gasteiger partial charge on any atom is 0.301 e. The number of rotatable bonds is 8. The van der Waals surface area contributed by atoms with Crippen LogP contribution in [-0.2, 0) is 15.6 Å². The smallest absolute Gasteiger partial charge is 0.301 e. The van der Waals surface area contributed by atoms with Crippen LogP contribution in [0.25, 0.3) is 0 Å². The molecule has 35 heavy (non-hydrogen) atoms. The van der Waals surface area contributed by atoms with Crippen molar-refractivity contribution in [3.05, 3.63) is 95.8 Å². The van der Waals surface area contributed by atoms with Crippen LogP contribution in [0.5, 0.6) is 5.75 Å². The number of nitrogens with one attached hydrogen (secondary N) is 2. The van der Waals surface area contributed by atoms with E-state index in [2.05, 4.69) is 10.0 Å². The van der Waals surface area contributed by atoms with Crippen LogP contribution in [0.4, 0.5) is 10.1 Å². The first-order valence-electron chi connectivity index (χ1n) is 11.3. The van der Waals surface area contributed by atoms with Crippen LogP contribution >= 0.6 is 0 Å². The number of piperidine rings is 1. The van der Waals surface area contributed by atoms with Gasteiger partial charge in [0, 0.05) is 30.7 Å². The van der Waals surface area contributed by atoms with Crippen LogP contribution in [-0.4, -0.2) is 45.4 Å². The monoisotopic (exact) mass is 497 g/mol. The summed E-state index contributed by atoms with van der Waals surface area (Å²) in [7, 11) is -2.29. The first-order valence-corrected chi connectivity index (χ1v) is 12.8. The number of carbonyl (C=O) groups excluding carboxylic acids is 1. The first-order chi connectivity index (χ1) is 16.8. The highest BCUT2D eigenvalue weighted by Gasteiger charge is 2.39. The summed E-state index contributed by atoms with van der Waals surface area (Å²) in [4.78, 5) is 13.0. The van der Waals surface area contributed by atoms with Crippen molar-refractivity contribution in [2.24, 2.45) is 0 Å². The zero-order valence-electron chi connectivity index (χ0n) is 19.4. The van der Waals surface area contributed by atoms with Crippen LogP contribution < -0.4 is 14.8 Å². The Hall–Kier alpha value is -3.43. The summed E-state index contributed by atoms with van der Waals surface area (Å²) in [5, 5.41) is 3.04. The minimum absolute atomic E-state index is 0.245. The molecule has 1 saturated heterocycles. The van der Waals surface area contributed by atoms with Crippen molar-refractivity contribution in [3.63, 3.8) is 0 Å². The van der Waals surface area contributed by atoms with E-state index >= 15 is 0 Å². The van der Waals surface area contributed by atoms with Gasteiger partial charge in [0.05, 0.1) is 12.7 Å². The SMILES string of the molecule is COc1ccccc1C(=O)NCC1(c2ccccc2)CCN(S(=O)(=O)Nc2ccc(F)cc2)CC1. The lowest BCUT2D eigenvalue weighted by atomic mass is 9.73. The van der Waals surface area contributed by atoms with E-state index in [1.165, 1.54) is 35.7 Å². The lowest BCUT2D eigenvalue weighted by Crippen LogP contribution is -2.51. The highest BCUT2D eigenvalue weighted by molar-refractivity contribution is 7.90. The fourth-order valence-electron chi connectivity index (χ4n) is 4.42. The Kier molecular flexibility index (Phi) is 7.37. The number of benzene rings is 3. The van der Waals surface area contributed by atoms with E-state index in [-0.39, 0.29) is 19.0 Å². The second-order valence-electron chi connectivity index (χ2n) is 8.54. The van der Waals surface area contributed by atoms with Gasteiger partial charge >= 0.3 is 10.2 Å². The summed E-state index contributed by atoms with van der Waals surface area (Å²) in [5.41, 5.74) is 1.36. The molecule has 1 amide bonds. The second-order valence-corrected chi connectivity index (χ2v) is 10.2. The van der Waals surface area contributed by atoms with Crippen molar-refractivity contribution in [3.8, 4) is 5.75 Å². The number of halogens is 1. The molecular formula is C26H28FN3O4S. The topological polar surface area (TPSA) is 87.7 Å². The Morgan fingerprint density at radius 2 is 1.60 bits per heavy atom. The van der Waals surface area contributed by atoms with Crippen molar-refractivity contribution >= 4 is 21.8 Å². The van der Waals surface area contributed by atoms with Crippen LogP contribution in [0.1, 0.15) is 28.8 Å². The van der Waals surface area contributed by atoms with Crippen molar-refractivity contribution in [2.45, 2.75) is 18.3 Å². The molecule has 1 aliphatic heterocycles. The van der Waals surface area contributed by atoms with Crippen LogP contribution in [0, 0.1) is 5.82 Å². The molecule has 4 rings (SSSR count). The molecule has 1 heterocycles. The maximum absolute atomic E-state index is 13.2. The van der Waals surface area contributed by atoms with E-state index in [1.54, 1.807) is 24.3 Å². The van der Waals surface area contributed by atoms with Gasteiger partial charge in [-0.15, -0.1) is 0 Å². The highest BCUT2D eigenvalue weighted by Crippen LogP contribution is 2.36. The number of hydrogen-bond acceptors (Lipinski definition) is 4. The summed E-state index contributed by atoms with van der Waals surface area (Å²) in [6.07, 6.45) is 1.04.